The molecule has 1 atom stereocenters. The molecule has 3 rings (SSSR count). The standard InChI is InChI=1S/C13H19N5O2S/c1-8-10(9(2)20-17-8)7-21-13-16-15-12(18(13)14)11-5-3-4-6-19-11/h11H,3-7,14H2,1-2H3/t11-/m1/s1. The van der Waals surface area contributed by atoms with Crippen LogP contribution in [-0.2, 0) is 10.5 Å². The summed E-state index contributed by atoms with van der Waals surface area (Å²) in [4.78, 5) is 0. The molecule has 8 heteroatoms. The fourth-order valence-corrected chi connectivity index (χ4v) is 3.41. The largest absolute Gasteiger partial charge is 0.370 e. The van der Waals surface area contributed by atoms with E-state index in [-0.39, 0.29) is 6.10 Å². The van der Waals surface area contributed by atoms with Gasteiger partial charge < -0.3 is 15.1 Å². The second-order valence-corrected chi connectivity index (χ2v) is 6.10. The van der Waals surface area contributed by atoms with Crippen molar-refractivity contribution in [2.45, 2.75) is 50.1 Å². The molecule has 0 amide bonds. The number of nitrogen functional groups attached to an aromatic ring is 1. The summed E-state index contributed by atoms with van der Waals surface area (Å²) in [6.45, 7) is 4.60. The molecule has 0 aromatic carbocycles. The molecule has 114 valence electrons. The third kappa shape index (κ3) is 2.91. The summed E-state index contributed by atoms with van der Waals surface area (Å²) in [7, 11) is 0. The highest BCUT2D eigenvalue weighted by Gasteiger charge is 2.23. The molecule has 3 heterocycles. The average Bonchev–Trinajstić information content (AvgIpc) is 3.02. The van der Waals surface area contributed by atoms with Gasteiger partial charge in [-0.3, -0.25) is 0 Å². The van der Waals surface area contributed by atoms with E-state index in [1.54, 1.807) is 4.68 Å². The highest BCUT2D eigenvalue weighted by atomic mass is 32.2. The Hall–Kier alpha value is -1.54. The van der Waals surface area contributed by atoms with E-state index in [1.807, 2.05) is 13.8 Å². The van der Waals surface area contributed by atoms with Gasteiger partial charge in [-0.2, -0.15) is 0 Å². The molecule has 1 aliphatic rings. The number of thioether (sulfide) groups is 1. The van der Waals surface area contributed by atoms with Crippen LogP contribution >= 0.6 is 11.8 Å². The second-order valence-electron chi connectivity index (χ2n) is 5.16. The molecule has 0 bridgehead atoms. The first-order valence-corrected chi connectivity index (χ1v) is 8.02. The monoisotopic (exact) mass is 309 g/mol. The van der Waals surface area contributed by atoms with Gasteiger partial charge in [0.1, 0.15) is 11.9 Å². The maximum atomic E-state index is 6.10. The summed E-state index contributed by atoms with van der Waals surface area (Å²) in [5.41, 5.74) is 1.98. The van der Waals surface area contributed by atoms with E-state index in [1.165, 1.54) is 11.8 Å². The normalized spacial score (nSPS) is 19.0. The summed E-state index contributed by atoms with van der Waals surface area (Å²) >= 11 is 1.53. The Morgan fingerprint density at radius 1 is 1.33 bits per heavy atom. The lowest BCUT2D eigenvalue weighted by molar-refractivity contribution is 0.00780. The van der Waals surface area contributed by atoms with Crippen LogP contribution in [0.15, 0.2) is 9.68 Å². The number of aromatic nitrogens is 4. The lowest BCUT2D eigenvalue weighted by atomic mass is 10.1. The van der Waals surface area contributed by atoms with E-state index in [0.717, 1.165) is 42.9 Å². The molecule has 0 aliphatic carbocycles. The molecule has 0 unspecified atom stereocenters. The Morgan fingerprint density at radius 2 is 2.19 bits per heavy atom. The maximum absolute atomic E-state index is 6.10. The molecular weight excluding hydrogens is 290 g/mol. The van der Waals surface area contributed by atoms with E-state index in [0.29, 0.717) is 16.7 Å². The van der Waals surface area contributed by atoms with Crippen molar-refractivity contribution in [1.82, 2.24) is 20.0 Å². The van der Waals surface area contributed by atoms with Gasteiger partial charge in [-0.05, 0) is 33.1 Å². The van der Waals surface area contributed by atoms with Crippen LogP contribution in [0.3, 0.4) is 0 Å². The van der Waals surface area contributed by atoms with Crippen molar-refractivity contribution in [3.05, 3.63) is 22.8 Å². The van der Waals surface area contributed by atoms with Crippen molar-refractivity contribution in [2.75, 3.05) is 12.4 Å². The zero-order valence-corrected chi connectivity index (χ0v) is 13.0. The smallest absolute Gasteiger partial charge is 0.210 e. The molecule has 1 aliphatic heterocycles. The molecule has 2 aromatic rings. The molecule has 0 radical (unpaired) electrons. The third-order valence-electron chi connectivity index (χ3n) is 3.69. The Morgan fingerprint density at radius 3 is 2.86 bits per heavy atom. The van der Waals surface area contributed by atoms with E-state index >= 15 is 0 Å². The molecule has 21 heavy (non-hydrogen) atoms. The number of nitrogens with two attached hydrogens (primary N) is 1. The van der Waals surface area contributed by atoms with Crippen LogP contribution in [-0.4, -0.2) is 26.6 Å². The van der Waals surface area contributed by atoms with Gasteiger partial charge in [-0.25, -0.2) is 4.68 Å². The molecule has 7 nitrogen and oxygen atoms in total. The van der Waals surface area contributed by atoms with E-state index in [9.17, 15) is 0 Å². The molecule has 1 fully saturated rings. The zero-order valence-electron chi connectivity index (χ0n) is 12.2. The van der Waals surface area contributed by atoms with Crippen molar-refractivity contribution in [2.24, 2.45) is 0 Å². The molecular formula is C13H19N5O2S. The highest BCUT2D eigenvalue weighted by Crippen LogP contribution is 2.29. The van der Waals surface area contributed by atoms with Crippen LogP contribution in [0.2, 0.25) is 0 Å². The quantitative estimate of drug-likeness (QED) is 0.683. The van der Waals surface area contributed by atoms with E-state index in [2.05, 4.69) is 15.4 Å². The summed E-state index contributed by atoms with van der Waals surface area (Å²) in [5, 5.41) is 13.0. The lowest BCUT2D eigenvalue weighted by Crippen LogP contribution is -2.21. The van der Waals surface area contributed by atoms with E-state index in [4.69, 9.17) is 15.1 Å². The summed E-state index contributed by atoms with van der Waals surface area (Å²) in [6, 6.07) is 0. The first-order valence-electron chi connectivity index (χ1n) is 7.03. The van der Waals surface area contributed by atoms with Crippen LogP contribution in [0.4, 0.5) is 0 Å². The minimum absolute atomic E-state index is 0.0373. The minimum Gasteiger partial charge on any atom is -0.370 e. The fourth-order valence-electron chi connectivity index (χ4n) is 2.40. The van der Waals surface area contributed by atoms with Gasteiger partial charge in [-0.15, -0.1) is 10.2 Å². The second kappa shape index (κ2) is 6.07. The maximum Gasteiger partial charge on any atom is 0.210 e. The number of aryl methyl sites for hydroxylation is 2. The Balaban J connectivity index is 1.70. The number of nitrogens with zero attached hydrogens (tertiary/aromatic N) is 4. The van der Waals surface area contributed by atoms with Crippen LogP contribution < -0.4 is 5.84 Å². The highest BCUT2D eigenvalue weighted by molar-refractivity contribution is 7.98. The third-order valence-corrected chi connectivity index (χ3v) is 4.65. The predicted octanol–water partition coefficient (Wildman–Crippen LogP) is 2.13. The summed E-state index contributed by atoms with van der Waals surface area (Å²) < 4.78 is 12.4. The van der Waals surface area contributed by atoms with Crippen LogP contribution in [0.25, 0.3) is 0 Å². The molecule has 0 saturated carbocycles. The van der Waals surface area contributed by atoms with Gasteiger partial charge in [0.25, 0.3) is 0 Å². The van der Waals surface area contributed by atoms with Gasteiger partial charge in [0.05, 0.1) is 5.69 Å². The first kappa shape index (κ1) is 14.4. The van der Waals surface area contributed by atoms with Crippen molar-refractivity contribution in [1.29, 1.82) is 0 Å². The molecule has 2 N–H and O–H groups in total. The Bertz CT molecular complexity index is 599. The number of hydrogen-bond acceptors (Lipinski definition) is 7. The number of rotatable bonds is 4. The summed E-state index contributed by atoms with van der Waals surface area (Å²) in [5.74, 6) is 8.35. The Labute approximate surface area is 127 Å². The van der Waals surface area contributed by atoms with Crippen molar-refractivity contribution < 1.29 is 9.26 Å². The summed E-state index contributed by atoms with van der Waals surface area (Å²) in [6.07, 6.45) is 3.15. The zero-order chi connectivity index (χ0) is 14.8. The van der Waals surface area contributed by atoms with Gasteiger partial charge in [0.2, 0.25) is 5.16 Å². The lowest BCUT2D eigenvalue weighted by Gasteiger charge is -2.21. The number of hydrogen-bond donors (Lipinski definition) is 1. The van der Waals surface area contributed by atoms with Crippen LogP contribution in [0, 0.1) is 13.8 Å². The van der Waals surface area contributed by atoms with Gasteiger partial charge in [0.15, 0.2) is 5.82 Å². The molecule has 2 aromatic heterocycles. The first-order chi connectivity index (χ1) is 10.2. The van der Waals surface area contributed by atoms with Crippen molar-refractivity contribution in [3.8, 4) is 0 Å². The van der Waals surface area contributed by atoms with Gasteiger partial charge in [-0.1, -0.05) is 16.9 Å². The minimum atomic E-state index is -0.0373. The SMILES string of the molecule is Cc1noc(C)c1CSc1nnc([C@H]2CCCCO2)n1N. The molecule has 1 saturated heterocycles. The number of ether oxygens (including phenoxy) is 1. The predicted molar refractivity (Wildman–Crippen MR) is 78.3 cm³/mol. The van der Waals surface area contributed by atoms with E-state index < -0.39 is 0 Å². The molecule has 0 spiro atoms. The van der Waals surface area contributed by atoms with Crippen LogP contribution in [0.5, 0.6) is 0 Å². The van der Waals surface area contributed by atoms with Gasteiger partial charge >= 0.3 is 0 Å². The topological polar surface area (TPSA) is 92.0 Å². The average molecular weight is 309 g/mol. The van der Waals surface area contributed by atoms with Crippen molar-refractivity contribution >= 4 is 11.8 Å². The van der Waals surface area contributed by atoms with Crippen molar-refractivity contribution in [3.63, 3.8) is 0 Å². The van der Waals surface area contributed by atoms with Crippen LogP contribution in [0.1, 0.15) is 48.2 Å². The Kier molecular flexibility index (Phi) is 4.16. The van der Waals surface area contributed by atoms with Gasteiger partial charge in [0, 0.05) is 17.9 Å². The fraction of sp³-hybridized carbons (Fsp3) is 0.615.